The van der Waals surface area contributed by atoms with Crippen molar-refractivity contribution in [2.45, 2.75) is 20.1 Å². The van der Waals surface area contributed by atoms with Crippen LogP contribution in [0, 0.1) is 6.92 Å². The Hall–Kier alpha value is -1.39. The highest BCUT2D eigenvalue weighted by Crippen LogP contribution is 2.19. The fourth-order valence-corrected chi connectivity index (χ4v) is 2.03. The molecule has 0 aliphatic heterocycles. The maximum absolute atomic E-state index is 5.85. The molecule has 0 atom stereocenters. The second-order valence-corrected chi connectivity index (χ2v) is 5.26. The molecule has 3 nitrogen and oxygen atoms in total. The zero-order valence-electron chi connectivity index (χ0n) is 11.1. The van der Waals surface area contributed by atoms with Gasteiger partial charge in [0.1, 0.15) is 12.4 Å². The molecule has 100 valence electrons. The van der Waals surface area contributed by atoms with Gasteiger partial charge in [-0.2, -0.15) is 0 Å². The molecule has 1 aromatic carbocycles. The Bertz CT molecular complexity index is 540. The second-order valence-electron chi connectivity index (χ2n) is 4.34. The van der Waals surface area contributed by atoms with Crippen molar-refractivity contribution in [3.8, 4) is 5.75 Å². The number of pyridine rings is 1. The van der Waals surface area contributed by atoms with Crippen molar-refractivity contribution in [2.75, 3.05) is 7.05 Å². The predicted molar refractivity (Wildman–Crippen MR) is 80.2 cm³/mol. The van der Waals surface area contributed by atoms with Gasteiger partial charge in [0.15, 0.2) is 0 Å². The van der Waals surface area contributed by atoms with Gasteiger partial charge in [-0.25, -0.2) is 0 Å². The van der Waals surface area contributed by atoms with Crippen LogP contribution in [0.15, 0.2) is 40.9 Å². The van der Waals surface area contributed by atoms with Crippen LogP contribution in [0.1, 0.15) is 17.0 Å². The summed E-state index contributed by atoms with van der Waals surface area (Å²) in [6, 6.07) is 12.1. The second kappa shape index (κ2) is 6.68. The highest BCUT2D eigenvalue weighted by Gasteiger charge is 2.05. The average molecular weight is 321 g/mol. The standard InChI is InChI=1S/C15H17BrN2O/c1-11-3-8-15(14(18-11)9-17-2)19-10-12-4-6-13(16)7-5-12/h3-8,17H,9-10H2,1-2H3. The lowest BCUT2D eigenvalue weighted by Crippen LogP contribution is -2.10. The molecule has 19 heavy (non-hydrogen) atoms. The summed E-state index contributed by atoms with van der Waals surface area (Å²) in [4.78, 5) is 4.49. The number of nitrogens with one attached hydrogen (secondary N) is 1. The highest BCUT2D eigenvalue weighted by atomic mass is 79.9. The minimum Gasteiger partial charge on any atom is -0.487 e. The third kappa shape index (κ3) is 4.04. The van der Waals surface area contributed by atoms with Crippen LogP contribution < -0.4 is 10.1 Å². The predicted octanol–water partition coefficient (Wildman–Crippen LogP) is 3.45. The van der Waals surface area contributed by atoms with Crippen LogP contribution in [0.2, 0.25) is 0 Å². The Morgan fingerprint density at radius 3 is 2.58 bits per heavy atom. The Morgan fingerprint density at radius 2 is 1.89 bits per heavy atom. The quantitative estimate of drug-likeness (QED) is 0.916. The van der Waals surface area contributed by atoms with E-state index in [0.29, 0.717) is 13.2 Å². The van der Waals surface area contributed by atoms with E-state index >= 15 is 0 Å². The summed E-state index contributed by atoms with van der Waals surface area (Å²) in [5, 5.41) is 3.11. The number of halogens is 1. The van der Waals surface area contributed by atoms with Crippen LogP contribution in [0.25, 0.3) is 0 Å². The molecule has 0 unspecified atom stereocenters. The van der Waals surface area contributed by atoms with Crippen molar-refractivity contribution in [1.82, 2.24) is 10.3 Å². The fourth-order valence-electron chi connectivity index (χ4n) is 1.76. The van der Waals surface area contributed by atoms with E-state index in [4.69, 9.17) is 4.74 Å². The van der Waals surface area contributed by atoms with Gasteiger partial charge in [0.25, 0.3) is 0 Å². The van der Waals surface area contributed by atoms with Gasteiger partial charge in [-0.3, -0.25) is 4.98 Å². The molecular weight excluding hydrogens is 304 g/mol. The molecule has 4 heteroatoms. The van der Waals surface area contributed by atoms with E-state index in [1.807, 2.05) is 50.4 Å². The van der Waals surface area contributed by atoms with Crippen LogP contribution in [0.4, 0.5) is 0 Å². The number of rotatable bonds is 5. The first-order chi connectivity index (χ1) is 9.19. The Morgan fingerprint density at radius 1 is 1.16 bits per heavy atom. The van der Waals surface area contributed by atoms with Gasteiger partial charge in [0.05, 0.1) is 5.69 Å². The van der Waals surface area contributed by atoms with Gasteiger partial charge in [-0.15, -0.1) is 0 Å². The molecule has 1 aromatic heterocycles. The maximum Gasteiger partial charge on any atom is 0.142 e. The molecule has 0 saturated carbocycles. The Balaban J connectivity index is 2.08. The lowest BCUT2D eigenvalue weighted by Gasteiger charge is -2.11. The Labute approximate surface area is 122 Å². The Kier molecular flexibility index (Phi) is 4.93. The first kappa shape index (κ1) is 14.0. The van der Waals surface area contributed by atoms with Crippen molar-refractivity contribution in [3.05, 3.63) is 57.8 Å². The highest BCUT2D eigenvalue weighted by molar-refractivity contribution is 9.10. The van der Waals surface area contributed by atoms with E-state index < -0.39 is 0 Å². The lowest BCUT2D eigenvalue weighted by molar-refractivity contribution is 0.300. The molecule has 0 aliphatic rings. The van der Waals surface area contributed by atoms with E-state index in [1.165, 1.54) is 0 Å². The summed E-state index contributed by atoms with van der Waals surface area (Å²) >= 11 is 3.42. The third-order valence-corrected chi connectivity index (χ3v) is 3.25. The van der Waals surface area contributed by atoms with Crippen LogP contribution in [0.5, 0.6) is 5.75 Å². The summed E-state index contributed by atoms with van der Waals surface area (Å²) in [7, 11) is 1.91. The maximum atomic E-state index is 5.85. The SMILES string of the molecule is CNCc1nc(C)ccc1OCc1ccc(Br)cc1. The fraction of sp³-hybridized carbons (Fsp3) is 0.267. The van der Waals surface area contributed by atoms with Crippen LogP contribution >= 0.6 is 15.9 Å². The topological polar surface area (TPSA) is 34.2 Å². The van der Waals surface area contributed by atoms with Crippen molar-refractivity contribution in [2.24, 2.45) is 0 Å². The minimum absolute atomic E-state index is 0.550. The van der Waals surface area contributed by atoms with E-state index in [0.717, 1.165) is 27.2 Å². The molecule has 0 spiro atoms. The zero-order chi connectivity index (χ0) is 13.7. The molecule has 0 aliphatic carbocycles. The van der Waals surface area contributed by atoms with Crippen molar-refractivity contribution >= 4 is 15.9 Å². The monoisotopic (exact) mass is 320 g/mol. The van der Waals surface area contributed by atoms with Gasteiger partial charge in [0.2, 0.25) is 0 Å². The normalized spacial score (nSPS) is 10.5. The molecule has 2 aromatic rings. The van der Waals surface area contributed by atoms with Gasteiger partial charge >= 0.3 is 0 Å². The van der Waals surface area contributed by atoms with Gasteiger partial charge < -0.3 is 10.1 Å². The summed E-state index contributed by atoms with van der Waals surface area (Å²) in [6.45, 7) is 3.24. The zero-order valence-corrected chi connectivity index (χ0v) is 12.7. The molecule has 0 bridgehead atoms. The number of hydrogen-bond donors (Lipinski definition) is 1. The van der Waals surface area contributed by atoms with Gasteiger partial charge in [-0.05, 0) is 43.8 Å². The number of nitrogens with zero attached hydrogens (tertiary/aromatic N) is 1. The summed E-state index contributed by atoms with van der Waals surface area (Å²) in [5.41, 5.74) is 3.08. The van der Waals surface area contributed by atoms with E-state index in [-0.39, 0.29) is 0 Å². The van der Waals surface area contributed by atoms with Crippen molar-refractivity contribution in [3.63, 3.8) is 0 Å². The van der Waals surface area contributed by atoms with E-state index in [9.17, 15) is 0 Å². The van der Waals surface area contributed by atoms with Crippen molar-refractivity contribution < 1.29 is 4.74 Å². The largest absolute Gasteiger partial charge is 0.487 e. The number of aromatic nitrogens is 1. The number of aryl methyl sites for hydroxylation is 1. The smallest absolute Gasteiger partial charge is 0.142 e. The minimum atomic E-state index is 0.550. The van der Waals surface area contributed by atoms with Gasteiger partial charge in [0, 0.05) is 16.7 Å². The van der Waals surface area contributed by atoms with Gasteiger partial charge in [-0.1, -0.05) is 28.1 Å². The molecule has 0 fully saturated rings. The number of hydrogen-bond acceptors (Lipinski definition) is 3. The summed E-state index contributed by atoms with van der Waals surface area (Å²) in [5.74, 6) is 0.836. The molecule has 0 saturated heterocycles. The third-order valence-electron chi connectivity index (χ3n) is 2.72. The number of ether oxygens (including phenoxy) is 1. The average Bonchev–Trinajstić information content (AvgIpc) is 2.40. The summed E-state index contributed by atoms with van der Waals surface area (Å²) in [6.07, 6.45) is 0. The molecule has 0 amide bonds. The van der Waals surface area contributed by atoms with Crippen LogP contribution in [0.3, 0.4) is 0 Å². The first-order valence-corrected chi connectivity index (χ1v) is 6.96. The number of benzene rings is 1. The van der Waals surface area contributed by atoms with E-state index in [1.54, 1.807) is 0 Å². The molecule has 1 heterocycles. The van der Waals surface area contributed by atoms with Crippen LogP contribution in [-0.4, -0.2) is 12.0 Å². The first-order valence-electron chi connectivity index (χ1n) is 6.17. The van der Waals surface area contributed by atoms with Crippen molar-refractivity contribution in [1.29, 1.82) is 0 Å². The molecule has 2 rings (SSSR count). The molecule has 1 N–H and O–H groups in total. The lowest BCUT2D eigenvalue weighted by atomic mass is 10.2. The van der Waals surface area contributed by atoms with E-state index in [2.05, 4.69) is 26.2 Å². The molecule has 0 radical (unpaired) electrons. The summed E-state index contributed by atoms with van der Waals surface area (Å²) < 4.78 is 6.93. The van der Waals surface area contributed by atoms with Crippen LogP contribution in [-0.2, 0) is 13.2 Å². The molecular formula is C15H17BrN2O.